The van der Waals surface area contributed by atoms with E-state index >= 15 is 0 Å². The van der Waals surface area contributed by atoms with Gasteiger partial charge in [0.1, 0.15) is 0 Å². The molecular formula is C13H14BrN3O. The quantitative estimate of drug-likeness (QED) is 0.926. The second kappa shape index (κ2) is 4.48. The standard InChI is InChI=1S/C13H14BrN3O/c1-13(6-3-7-15-13)12-16-11(17-18-12)9-4-2-5-10(14)8-9/h2,4-5,8,15H,3,6-7H2,1H3. The van der Waals surface area contributed by atoms with Gasteiger partial charge in [0.15, 0.2) is 0 Å². The van der Waals surface area contributed by atoms with E-state index < -0.39 is 0 Å². The molecule has 4 nitrogen and oxygen atoms in total. The number of nitrogens with one attached hydrogen (secondary N) is 1. The molecule has 1 N–H and O–H groups in total. The molecule has 0 amide bonds. The van der Waals surface area contributed by atoms with Gasteiger partial charge in [-0.15, -0.1) is 0 Å². The van der Waals surface area contributed by atoms with E-state index in [9.17, 15) is 0 Å². The number of nitrogens with zero attached hydrogens (tertiary/aromatic N) is 2. The van der Waals surface area contributed by atoms with Crippen LogP contribution in [0.25, 0.3) is 11.4 Å². The predicted molar refractivity (Wildman–Crippen MR) is 72.0 cm³/mol. The third-order valence-electron chi connectivity index (χ3n) is 3.35. The molecule has 1 unspecified atom stereocenters. The van der Waals surface area contributed by atoms with Gasteiger partial charge < -0.3 is 9.84 Å². The maximum atomic E-state index is 5.41. The highest BCUT2D eigenvalue weighted by molar-refractivity contribution is 9.10. The summed E-state index contributed by atoms with van der Waals surface area (Å²) < 4.78 is 6.42. The zero-order valence-corrected chi connectivity index (χ0v) is 11.7. The van der Waals surface area contributed by atoms with Crippen molar-refractivity contribution in [3.05, 3.63) is 34.6 Å². The Balaban J connectivity index is 1.94. The topological polar surface area (TPSA) is 51.0 Å². The third kappa shape index (κ3) is 2.08. The lowest BCUT2D eigenvalue weighted by molar-refractivity contribution is 0.275. The van der Waals surface area contributed by atoms with Crippen LogP contribution in [0.4, 0.5) is 0 Å². The van der Waals surface area contributed by atoms with E-state index in [-0.39, 0.29) is 5.54 Å². The number of rotatable bonds is 2. The van der Waals surface area contributed by atoms with Crippen molar-refractivity contribution in [2.24, 2.45) is 0 Å². The molecule has 2 heterocycles. The Morgan fingerprint density at radius 2 is 2.33 bits per heavy atom. The summed E-state index contributed by atoms with van der Waals surface area (Å²) in [7, 11) is 0. The van der Waals surface area contributed by atoms with Gasteiger partial charge >= 0.3 is 0 Å². The van der Waals surface area contributed by atoms with Gasteiger partial charge in [-0.3, -0.25) is 0 Å². The molecule has 0 aliphatic carbocycles. The van der Waals surface area contributed by atoms with E-state index in [0.29, 0.717) is 11.7 Å². The lowest BCUT2D eigenvalue weighted by atomic mass is 10.0. The van der Waals surface area contributed by atoms with Crippen molar-refractivity contribution in [2.75, 3.05) is 6.54 Å². The van der Waals surface area contributed by atoms with Crippen LogP contribution in [0, 0.1) is 0 Å². The molecule has 1 saturated heterocycles. The molecule has 1 atom stereocenters. The minimum Gasteiger partial charge on any atom is -0.337 e. The number of aromatic nitrogens is 2. The fourth-order valence-corrected chi connectivity index (χ4v) is 2.67. The summed E-state index contributed by atoms with van der Waals surface area (Å²) in [6.07, 6.45) is 2.18. The molecule has 1 aromatic carbocycles. The first-order chi connectivity index (χ1) is 8.67. The molecule has 0 spiro atoms. The Hall–Kier alpha value is -1.20. The van der Waals surface area contributed by atoms with Crippen LogP contribution < -0.4 is 5.32 Å². The first-order valence-electron chi connectivity index (χ1n) is 6.02. The van der Waals surface area contributed by atoms with E-state index in [2.05, 4.69) is 38.3 Å². The van der Waals surface area contributed by atoms with Crippen LogP contribution in [0.5, 0.6) is 0 Å². The summed E-state index contributed by atoms with van der Waals surface area (Å²) in [5, 5.41) is 7.49. The lowest BCUT2D eigenvalue weighted by Crippen LogP contribution is -2.33. The van der Waals surface area contributed by atoms with E-state index in [1.807, 2.05) is 24.3 Å². The van der Waals surface area contributed by atoms with Gasteiger partial charge in [0.05, 0.1) is 5.54 Å². The normalized spacial score (nSPS) is 23.4. The Labute approximate surface area is 114 Å². The number of halogens is 1. The van der Waals surface area contributed by atoms with Crippen molar-refractivity contribution in [3.8, 4) is 11.4 Å². The Bertz CT molecular complexity index is 561. The van der Waals surface area contributed by atoms with Crippen LogP contribution in [-0.2, 0) is 5.54 Å². The molecule has 1 aliphatic heterocycles. The molecular weight excluding hydrogens is 294 g/mol. The van der Waals surface area contributed by atoms with Gasteiger partial charge in [-0.25, -0.2) is 0 Å². The van der Waals surface area contributed by atoms with Gasteiger partial charge in [-0.05, 0) is 38.4 Å². The number of benzene rings is 1. The molecule has 94 valence electrons. The molecule has 0 bridgehead atoms. The maximum absolute atomic E-state index is 5.41. The van der Waals surface area contributed by atoms with Crippen LogP contribution in [0.3, 0.4) is 0 Å². The van der Waals surface area contributed by atoms with Gasteiger partial charge in [-0.2, -0.15) is 4.98 Å². The van der Waals surface area contributed by atoms with Crippen molar-refractivity contribution in [1.29, 1.82) is 0 Å². The summed E-state index contributed by atoms with van der Waals surface area (Å²) in [5.41, 5.74) is 0.790. The second-order valence-corrected chi connectivity index (χ2v) is 5.71. The van der Waals surface area contributed by atoms with Gasteiger partial charge in [0, 0.05) is 10.0 Å². The molecule has 1 aliphatic rings. The summed E-state index contributed by atoms with van der Waals surface area (Å²) in [6.45, 7) is 3.11. The monoisotopic (exact) mass is 307 g/mol. The average molecular weight is 308 g/mol. The van der Waals surface area contributed by atoms with Gasteiger partial charge in [0.2, 0.25) is 11.7 Å². The zero-order chi connectivity index (χ0) is 12.6. The molecule has 5 heteroatoms. The lowest BCUT2D eigenvalue weighted by Gasteiger charge is -2.18. The van der Waals surface area contributed by atoms with Crippen LogP contribution in [0.2, 0.25) is 0 Å². The highest BCUT2D eigenvalue weighted by Gasteiger charge is 2.35. The summed E-state index contributed by atoms with van der Waals surface area (Å²) in [5.74, 6) is 1.32. The summed E-state index contributed by atoms with van der Waals surface area (Å²) in [4.78, 5) is 4.51. The minimum absolute atomic E-state index is 0.169. The Morgan fingerprint density at radius 3 is 3.06 bits per heavy atom. The molecule has 0 radical (unpaired) electrons. The second-order valence-electron chi connectivity index (χ2n) is 4.80. The van der Waals surface area contributed by atoms with E-state index in [1.165, 1.54) is 0 Å². The average Bonchev–Trinajstić information content (AvgIpc) is 2.98. The SMILES string of the molecule is CC1(c2nc(-c3cccc(Br)c3)no2)CCCN1. The van der Waals surface area contributed by atoms with Crippen molar-refractivity contribution >= 4 is 15.9 Å². The van der Waals surface area contributed by atoms with Crippen molar-refractivity contribution < 1.29 is 4.52 Å². The van der Waals surface area contributed by atoms with E-state index in [0.717, 1.165) is 29.4 Å². The van der Waals surface area contributed by atoms with Crippen molar-refractivity contribution in [2.45, 2.75) is 25.3 Å². The third-order valence-corrected chi connectivity index (χ3v) is 3.84. The zero-order valence-electron chi connectivity index (χ0n) is 10.1. The van der Waals surface area contributed by atoms with Gasteiger partial charge in [-0.1, -0.05) is 33.2 Å². The highest BCUT2D eigenvalue weighted by atomic mass is 79.9. The van der Waals surface area contributed by atoms with Crippen molar-refractivity contribution in [1.82, 2.24) is 15.5 Å². The summed E-state index contributed by atoms with van der Waals surface area (Å²) in [6, 6.07) is 7.90. The largest absolute Gasteiger partial charge is 0.337 e. The number of hydrogen-bond donors (Lipinski definition) is 1. The van der Waals surface area contributed by atoms with Crippen molar-refractivity contribution in [3.63, 3.8) is 0 Å². The maximum Gasteiger partial charge on any atom is 0.246 e. The fourth-order valence-electron chi connectivity index (χ4n) is 2.27. The highest BCUT2D eigenvalue weighted by Crippen LogP contribution is 2.30. The fraction of sp³-hybridized carbons (Fsp3) is 0.385. The van der Waals surface area contributed by atoms with Crippen LogP contribution in [0.15, 0.2) is 33.3 Å². The van der Waals surface area contributed by atoms with E-state index in [4.69, 9.17) is 4.52 Å². The Kier molecular flexibility index (Phi) is 2.95. The molecule has 3 rings (SSSR count). The van der Waals surface area contributed by atoms with E-state index in [1.54, 1.807) is 0 Å². The first-order valence-corrected chi connectivity index (χ1v) is 6.82. The first kappa shape index (κ1) is 11.9. The summed E-state index contributed by atoms with van der Waals surface area (Å²) >= 11 is 3.44. The molecule has 2 aromatic rings. The smallest absolute Gasteiger partial charge is 0.246 e. The molecule has 1 aromatic heterocycles. The predicted octanol–water partition coefficient (Wildman–Crippen LogP) is 3.10. The minimum atomic E-state index is -0.169. The van der Waals surface area contributed by atoms with Crippen LogP contribution >= 0.6 is 15.9 Å². The molecule has 18 heavy (non-hydrogen) atoms. The Morgan fingerprint density at radius 1 is 1.44 bits per heavy atom. The van der Waals surface area contributed by atoms with Crippen LogP contribution in [0.1, 0.15) is 25.7 Å². The molecule has 1 fully saturated rings. The van der Waals surface area contributed by atoms with Gasteiger partial charge in [0.25, 0.3) is 0 Å². The number of hydrogen-bond acceptors (Lipinski definition) is 4. The molecule has 0 saturated carbocycles. The van der Waals surface area contributed by atoms with Crippen LogP contribution in [-0.4, -0.2) is 16.7 Å².